The molecule has 1 fully saturated rings. The van der Waals surface area contributed by atoms with Crippen LogP contribution in [0, 0.1) is 12.8 Å². The first-order valence-corrected chi connectivity index (χ1v) is 7.04. The van der Waals surface area contributed by atoms with Crippen LogP contribution in [-0.2, 0) is 4.18 Å². The highest BCUT2D eigenvalue weighted by molar-refractivity contribution is 7.94. The minimum absolute atomic E-state index is 0.164. The molecule has 0 radical (unpaired) electrons. The zero-order valence-corrected chi connectivity index (χ0v) is 11.1. The maximum absolute atomic E-state index is 9.81. The maximum Gasteiger partial charge on any atom is 0.0671 e. The first kappa shape index (κ1) is 12.9. The second-order valence-corrected chi connectivity index (χ2v) is 5.67. The van der Waals surface area contributed by atoms with Crippen molar-refractivity contribution < 1.29 is 9.29 Å². The van der Waals surface area contributed by atoms with Crippen LogP contribution < -0.4 is 0 Å². The van der Waals surface area contributed by atoms with Gasteiger partial charge in [0.2, 0.25) is 0 Å². The SMILES string of the molecule is Cc1ccc(SOCC2CCCCC2O)cc1. The van der Waals surface area contributed by atoms with Crippen molar-refractivity contribution in [3.05, 3.63) is 29.8 Å². The first-order valence-electron chi connectivity index (χ1n) is 6.30. The molecule has 2 atom stereocenters. The zero-order valence-electron chi connectivity index (χ0n) is 10.3. The van der Waals surface area contributed by atoms with Crippen molar-refractivity contribution in [2.45, 2.75) is 43.6 Å². The standard InChI is InChI=1S/C14H20O2S/c1-11-6-8-13(9-7-11)17-16-10-12-4-2-3-5-14(12)15/h6-9,12,14-15H,2-5,10H2,1H3. The Hall–Kier alpha value is -0.510. The molecule has 0 spiro atoms. The van der Waals surface area contributed by atoms with Crippen molar-refractivity contribution in [2.24, 2.45) is 5.92 Å². The molecule has 0 amide bonds. The number of aliphatic hydroxyl groups is 1. The Labute approximate surface area is 108 Å². The van der Waals surface area contributed by atoms with Crippen LogP contribution in [0.4, 0.5) is 0 Å². The van der Waals surface area contributed by atoms with Crippen molar-refractivity contribution in [1.29, 1.82) is 0 Å². The van der Waals surface area contributed by atoms with E-state index in [1.165, 1.54) is 24.0 Å². The quantitative estimate of drug-likeness (QED) is 0.831. The van der Waals surface area contributed by atoms with E-state index in [9.17, 15) is 5.11 Å². The van der Waals surface area contributed by atoms with E-state index in [0.29, 0.717) is 12.5 Å². The van der Waals surface area contributed by atoms with E-state index in [2.05, 4.69) is 31.2 Å². The molecule has 1 aliphatic rings. The van der Waals surface area contributed by atoms with Gasteiger partial charge in [-0.15, -0.1) is 0 Å². The summed E-state index contributed by atoms with van der Waals surface area (Å²) < 4.78 is 5.63. The molecular formula is C14H20O2S. The maximum atomic E-state index is 9.81. The van der Waals surface area contributed by atoms with Crippen molar-refractivity contribution in [2.75, 3.05) is 6.61 Å². The van der Waals surface area contributed by atoms with E-state index in [-0.39, 0.29) is 6.10 Å². The molecule has 0 saturated heterocycles. The Balaban J connectivity index is 1.73. The smallest absolute Gasteiger partial charge is 0.0671 e. The van der Waals surface area contributed by atoms with E-state index in [1.54, 1.807) is 0 Å². The average molecular weight is 252 g/mol. The van der Waals surface area contributed by atoms with Crippen LogP contribution in [0.5, 0.6) is 0 Å². The summed E-state index contributed by atoms with van der Waals surface area (Å²) in [5.41, 5.74) is 1.26. The van der Waals surface area contributed by atoms with Crippen molar-refractivity contribution in [1.82, 2.24) is 0 Å². The van der Waals surface area contributed by atoms with Crippen LogP contribution in [0.2, 0.25) is 0 Å². The number of aryl methyl sites for hydroxylation is 1. The fourth-order valence-corrected chi connectivity index (χ4v) is 2.79. The molecule has 3 heteroatoms. The fourth-order valence-electron chi connectivity index (χ4n) is 2.17. The lowest BCUT2D eigenvalue weighted by Crippen LogP contribution is -2.27. The van der Waals surface area contributed by atoms with Gasteiger partial charge in [-0.2, -0.15) is 0 Å². The zero-order chi connectivity index (χ0) is 12.1. The highest BCUT2D eigenvalue weighted by Crippen LogP contribution is 2.27. The molecule has 1 aromatic rings. The third kappa shape index (κ3) is 4.02. The molecule has 0 aliphatic heterocycles. The van der Waals surface area contributed by atoms with E-state index >= 15 is 0 Å². The Morgan fingerprint density at radius 1 is 1.24 bits per heavy atom. The average Bonchev–Trinajstić information content (AvgIpc) is 2.34. The second-order valence-electron chi connectivity index (χ2n) is 4.79. The fraction of sp³-hybridized carbons (Fsp3) is 0.571. The molecule has 2 nitrogen and oxygen atoms in total. The molecular weight excluding hydrogens is 232 g/mol. The van der Waals surface area contributed by atoms with Crippen LogP contribution >= 0.6 is 12.0 Å². The van der Waals surface area contributed by atoms with E-state index in [0.717, 1.165) is 24.2 Å². The lowest BCUT2D eigenvalue weighted by molar-refractivity contribution is 0.0469. The van der Waals surface area contributed by atoms with E-state index in [1.807, 2.05) is 0 Å². The summed E-state index contributed by atoms with van der Waals surface area (Å²) in [7, 11) is 0. The predicted molar refractivity (Wildman–Crippen MR) is 71.0 cm³/mol. The molecule has 0 bridgehead atoms. The minimum atomic E-state index is -0.164. The van der Waals surface area contributed by atoms with Crippen molar-refractivity contribution >= 4 is 12.0 Å². The molecule has 0 heterocycles. The Bertz CT molecular complexity index is 337. The van der Waals surface area contributed by atoms with Crippen LogP contribution in [0.3, 0.4) is 0 Å². The van der Waals surface area contributed by atoms with Crippen LogP contribution in [0.25, 0.3) is 0 Å². The molecule has 1 aromatic carbocycles. The summed E-state index contributed by atoms with van der Waals surface area (Å²) in [6, 6.07) is 8.30. The largest absolute Gasteiger partial charge is 0.393 e. The summed E-state index contributed by atoms with van der Waals surface area (Å²) in [6.07, 6.45) is 4.24. The monoisotopic (exact) mass is 252 g/mol. The number of benzene rings is 1. The second kappa shape index (κ2) is 6.43. The van der Waals surface area contributed by atoms with Gasteiger partial charge in [0.1, 0.15) is 0 Å². The van der Waals surface area contributed by atoms with Gasteiger partial charge < -0.3 is 9.29 Å². The van der Waals surface area contributed by atoms with Crippen LogP contribution in [-0.4, -0.2) is 17.8 Å². The predicted octanol–water partition coefficient (Wildman–Crippen LogP) is 3.57. The summed E-state index contributed by atoms with van der Waals surface area (Å²) in [5.74, 6) is 0.321. The summed E-state index contributed by atoms with van der Waals surface area (Å²) in [6.45, 7) is 2.73. The van der Waals surface area contributed by atoms with E-state index in [4.69, 9.17) is 4.18 Å². The van der Waals surface area contributed by atoms with Gasteiger partial charge in [-0.25, -0.2) is 0 Å². The lowest BCUT2D eigenvalue weighted by atomic mass is 9.87. The van der Waals surface area contributed by atoms with Gasteiger partial charge in [0.25, 0.3) is 0 Å². The summed E-state index contributed by atoms with van der Waals surface area (Å²) >= 11 is 1.41. The molecule has 2 rings (SSSR count). The topological polar surface area (TPSA) is 29.5 Å². The van der Waals surface area contributed by atoms with E-state index < -0.39 is 0 Å². The van der Waals surface area contributed by atoms with Crippen molar-refractivity contribution in [3.8, 4) is 0 Å². The van der Waals surface area contributed by atoms with Gasteiger partial charge >= 0.3 is 0 Å². The Morgan fingerprint density at radius 2 is 1.94 bits per heavy atom. The highest BCUT2D eigenvalue weighted by atomic mass is 32.2. The molecule has 1 saturated carbocycles. The molecule has 17 heavy (non-hydrogen) atoms. The van der Waals surface area contributed by atoms with Gasteiger partial charge in [0.15, 0.2) is 0 Å². The number of rotatable bonds is 4. The molecule has 2 unspecified atom stereocenters. The summed E-state index contributed by atoms with van der Waals surface area (Å²) in [5, 5.41) is 9.81. The van der Waals surface area contributed by atoms with Crippen LogP contribution in [0.1, 0.15) is 31.2 Å². The Morgan fingerprint density at radius 3 is 2.65 bits per heavy atom. The minimum Gasteiger partial charge on any atom is -0.393 e. The lowest BCUT2D eigenvalue weighted by Gasteiger charge is -2.26. The normalized spacial score (nSPS) is 24.8. The molecule has 1 aliphatic carbocycles. The number of hydrogen-bond donors (Lipinski definition) is 1. The molecule has 94 valence electrons. The van der Waals surface area contributed by atoms with Gasteiger partial charge in [-0.3, -0.25) is 0 Å². The van der Waals surface area contributed by atoms with Crippen molar-refractivity contribution in [3.63, 3.8) is 0 Å². The molecule has 1 N–H and O–H groups in total. The van der Waals surface area contributed by atoms with Gasteiger partial charge in [-0.05, 0) is 31.9 Å². The third-order valence-corrected chi connectivity index (χ3v) is 4.05. The van der Waals surface area contributed by atoms with Gasteiger partial charge in [0.05, 0.1) is 12.7 Å². The van der Waals surface area contributed by atoms with Gasteiger partial charge in [-0.1, -0.05) is 30.5 Å². The summed E-state index contributed by atoms with van der Waals surface area (Å²) in [4.78, 5) is 1.13. The van der Waals surface area contributed by atoms with Crippen LogP contribution in [0.15, 0.2) is 29.2 Å². The Kier molecular flexibility index (Phi) is 4.89. The number of aliphatic hydroxyl groups excluding tert-OH is 1. The first-order chi connectivity index (χ1) is 8.25. The number of hydrogen-bond acceptors (Lipinski definition) is 3. The highest BCUT2D eigenvalue weighted by Gasteiger charge is 2.23. The van der Waals surface area contributed by atoms with Gasteiger partial charge in [0, 0.05) is 22.9 Å². The molecule has 0 aromatic heterocycles. The third-order valence-electron chi connectivity index (χ3n) is 3.33.